The van der Waals surface area contributed by atoms with Crippen molar-refractivity contribution in [2.45, 2.75) is 6.42 Å². The number of benzene rings is 1. The second-order valence-corrected chi connectivity index (χ2v) is 3.55. The number of rotatable bonds is 3. The van der Waals surface area contributed by atoms with Gasteiger partial charge in [-0.3, -0.25) is 4.79 Å². The number of hydrogen-bond acceptors (Lipinski definition) is 3. The lowest BCUT2D eigenvalue weighted by Gasteiger charge is -2.08. The van der Waals surface area contributed by atoms with E-state index in [2.05, 4.69) is 15.9 Å². The molecule has 78 valence electrons. The van der Waals surface area contributed by atoms with E-state index in [0.717, 1.165) is 0 Å². The second kappa shape index (κ2) is 4.89. The number of methoxy groups -OCH3 is 1. The molecule has 0 radical (unpaired) electrons. The molecule has 0 saturated heterocycles. The Bertz CT molecular complexity index is 440. The molecule has 0 saturated carbocycles. The van der Waals surface area contributed by atoms with Gasteiger partial charge >= 0.3 is 0 Å². The fourth-order valence-electron chi connectivity index (χ4n) is 1.12. The van der Waals surface area contributed by atoms with Crippen LogP contribution in [0.2, 0.25) is 0 Å². The molecular formula is C10H7BrFNO2. The highest BCUT2D eigenvalue weighted by Gasteiger charge is 2.17. The molecule has 0 N–H and O–H groups in total. The van der Waals surface area contributed by atoms with Crippen LogP contribution in [0.25, 0.3) is 0 Å². The largest absolute Gasteiger partial charge is 0.493 e. The second-order valence-electron chi connectivity index (χ2n) is 2.70. The zero-order chi connectivity index (χ0) is 11.4. The summed E-state index contributed by atoms with van der Waals surface area (Å²) in [6.07, 6.45) is -0.294. The topological polar surface area (TPSA) is 50.1 Å². The Labute approximate surface area is 94.6 Å². The minimum absolute atomic E-state index is 0.0831. The van der Waals surface area contributed by atoms with Crippen LogP contribution in [0, 0.1) is 17.1 Å². The smallest absolute Gasteiger partial charge is 0.180 e. The van der Waals surface area contributed by atoms with Crippen LogP contribution < -0.4 is 4.74 Å². The minimum atomic E-state index is -0.638. The molecule has 0 spiro atoms. The Kier molecular flexibility index (Phi) is 3.81. The number of nitriles is 1. The van der Waals surface area contributed by atoms with Gasteiger partial charge in [0.25, 0.3) is 0 Å². The molecular weight excluding hydrogens is 265 g/mol. The first-order valence-corrected chi connectivity index (χ1v) is 4.83. The molecule has 0 bridgehead atoms. The van der Waals surface area contributed by atoms with Crippen LogP contribution >= 0.6 is 15.9 Å². The minimum Gasteiger partial charge on any atom is -0.493 e. The van der Waals surface area contributed by atoms with E-state index < -0.39 is 11.6 Å². The molecule has 3 nitrogen and oxygen atoms in total. The highest BCUT2D eigenvalue weighted by Crippen LogP contribution is 2.29. The first-order valence-electron chi connectivity index (χ1n) is 4.04. The van der Waals surface area contributed by atoms with E-state index >= 15 is 0 Å². The van der Waals surface area contributed by atoms with Crippen LogP contribution in [0.1, 0.15) is 16.8 Å². The van der Waals surface area contributed by atoms with Crippen molar-refractivity contribution >= 4 is 21.7 Å². The molecule has 15 heavy (non-hydrogen) atoms. The lowest BCUT2D eigenvalue weighted by molar-refractivity contribution is 0.0994. The SMILES string of the molecule is COc1c(C(=O)CC#N)ccc(Br)c1F. The molecule has 5 heteroatoms. The zero-order valence-corrected chi connectivity index (χ0v) is 9.47. The van der Waals surface area contributed by atoms with Gasteiger partial charge in [-0.2, -0.15) is 5.26 Å². The van der Waals surface area contributed by atoms with Gasteiger partial charge in [-0.1, -0.05) is 0 Å². The van der Waals surface area contributed by atoms with Crippen molar-refractivity contribution < 1.29 is 13.9 Å². The van der Waals surface area contributed by atoms with Crippen molar-refractivity contribution in [2.24, 2.45) is 0 Å². The molecule has 1 rings (SSSR count). The predicted octanol–water partition coefficient (Wildman–Crippen LogP) is 2.69. The lowest BCUT2D eigenvalue weighted by Crippen LogP contribution is -2.03. The summed E-state index contributed by atoms with van der Waals surface area (Å²) >= 11 is 2.98. The fraction of sp³-hybridized carbons (Fsp3) is 0.200. The maximum absolute atomic E-state index is 13.5. The third-order valence-electron chi connectivity index (χ3n) is 1.79. The molecule has 0 aliphatic heterocycles. The molecule has 0 fully saturated rings. The van der Waals surface area contributed by atoms with E-state index in [0.29, 0.717) is 0 Å². The molecule has 0 aliphatic rings. The summed E-state index contributed by atoms with van der Waals surface area (Å²) in [6, 6.07) is 4.54. The first kappa shape index (κ1) is 11.7. The van der Waals surface area contributed by atoms with Gasteiger partial charge in [-0.15, -0.1) is 0 Å². The summed E-state index contributed by atoms with van der Waals surface area (Å²) in [4.78, 5) is 11.4. The Morgan fingerprint density at radius 2 is 2.33 bits per heavy atom. The van der Waals surface area contributed by atoms with E-state index in [1.165, 1.54) is 19.2 Å². The molecule has 0 unspecified atom stereocenters. The Hall–Kier alpha value is -1.41. The first-order chi connectivity index (χ1) is 7.11. The van der Waals surface area contributed by atoms with Gasteiger partial charge in [0.1, 0.15) is 0 Å². The van der Waals surface area contributed by atoms with Gasteiger partial charge in [0.05, 0.1) is 29.6 Å². The van der Waals surface area contributed by atoms with E-state index in [-0.39, 0.29) is 22.2 Å². The van der Waals surface area contributed by atoms with Crippen molar-refractivity contribution in [1.82, 2.24) is 0 Å². The normalized spacial score (nSPS) is 9.47. The number of carbonyl (C=O) groups excluding carboxylic acids is 1. The van der Waals surface area contributed by atoms with Gasteiger partial charge in [-0.05, 0) is 28.1 Å². The number of Topliss-reactive ketones (excluding diaryl/α,β-unsaturated/α-hetero) is 1. The average molecular weight is 272 g/mol. The number of carbonyl (C=O) groups is 1. The average Bonchev–Trinajstić information content (AvgIpc) is 2.22. The van der Waals surface area contributed by atoms with Crippen LogP contribution in [0.15, 0.2) is 16.6 Å². The summed E-state index contributed by atoms with van der Waals surface area (Å²) in [5.74, 6) is -1.23. The fourth-order valence-corrected chi connectivity index (χ4v) is 1.43. The summed E-state index contributed by atoms with van der Waals surface area (Å²) in [6.45, 7) is 0. The lowest BCUT2D eigenvalue weighted by atomic mass is 10.1. The van der Waals surface area contributed by atoms with Crippen LogP contribution in [-0.2, 0) is 0 Å². The zero-order valence-electron chi connectivity index (χ0n) is 7.88. The number of halogens is 2. The van der Waals surface area contributed by atoms with Gasteiger partial charge < -0.3 is 4.74 Å². The standard InChI is InChI=1S/C10H7BrFNO2/c1-15-10-6(8(14)4-5-13)2-3-7(11)9(10)12/h2-3H,4H2,1H3. The van der Waals surface area contributed by atoms with Gasteiger partial charge in [0.15, 0.2) is 17.3 Å². The summed E-state index contributed by atoms with van der Waals surface area (Å²) in [5, 5.41) is 8.37. The van der Waals surface area contributed by atoms with E-state index in [9.17, 15) is 9.18 Å². The molecule has 1 aromatic rings. The van der Waals surface area contributed by atoms with E-state index in [1.807, 2.05) is 0 Å². The van der Waals surface area contributed by atoms with Crippen LogP contribution in [0.4, 0.5) is 4.39 Å². The van der Waals surface area contributed by atoms with Crippen LogP contribution in [-0.4, -0.2) is 12.9 Å². The van der Waals surface area contributed by atoms with E-state index in [4.69, 9.17) is 10.00 Å². The molecule has 0 atom stereocenters. The highest BCUT2D eigenvalue weighted by atomic mass is 79.9. The third-order valence-corrected chi connectivity index (χ3v) is 2.41. The monoisotopic (exact) mass is 271 g/mol. The third kappa shape index (κ3) is 2.34. The summed E-state index contributed by atoms with van der Waals surface area (Å²) in [5.41, 5.74) is 0.0831. The maximum atomic E-state index is 13.5. The Balaban J connectivity index is 3.26. The van der Waals surface area contributed by atoms with Gasteiger partial charge in [-0.25, -0.2) is 4.39 Å². The van der Waals surface area contributed by atoms with Crippen molar-refractivity contribution in [3.63, 3.8) is 0 Å². The van der Waals surface area contributed by atoms with E-state index in [1.54, 1.807) is 6.07 Å². The summed E-state index contributed by atoms with van der Waals surface area (Å²) in [7, 11) is 1.27. The molecule has 0 heterocycles. The molecule has 0 amide bonds. The van der Waals surface area contributed by atoms with Crippen molar-refractivity contribution in [3.05, 3.63) is 28.0 Å². The molecule has 0 aliphatic carbocycles. The maximum Gasteiger partial charge on any atom is 0.180 e. The summed E-state index contributed by atoms with van der Waals surface area (Å²) < 4.78 is 18.5. The van der Waals surface area contributed by atoms with Gasteiger partial charge in [0, 0.05) is 0 Å². The number of ether oxygens (including phenoxy) is 1. The predicted molar refractivity (Wildman–Crippen MR) is 55.2 cm³/mol. The van der Waals surface area contributed by atoms with Crippen LogP contribution in [0.5, 0.6) is 5.75 Å². The van der Waals surface area contributed by atoms with Crippen molar-refractivity contribution in [3.8, 4) is 11.8 Å². The molecule has 1 aromatic carbocycles. The van der Waals surface area contributed by atoms with Crippen molar-refractivity contribution in [1.29, 1.82) is 5.26 Å². The highest BCUT2D eigenvalue weighted by molar-refractivity contribution is 9.10. The number of nitrogens with zero attached hydrogens (tertiary/aromatic N) is 1. The quantitative estimate of drug-likeness (QED) is 0.795. The number of hydrogen-bond donors (Lipinski definition) is 0. The van der Waals surface area contributed by atoms with Gasteiger partial charge in [0.2, 0.25) is 0 Å². The van der Waals surface area contributed by atoms with Crippen molar-refractivity contribution in [2.75, 3.05) is 7.11 Å². The Morgan fingerprint density at radius 1 is 1.67 bits per heavy atom. The Morgan fingerprint density at radius 3 is 2.87 bits per heavy atom. The molecule has 0 aromatic heterocycles. The van der Waals surface area contributed by atoms with Crippen LogP contribution in [0.3, 0.4) is 0 Å². The number of ketones is 1.